The van der Waals surface area contributed by atoms with Gasteiger partial charge in [-0.05, 0) is 19.8 Å². The predicted molar refractivity (Wildman–Crippen MR) is 78.8 cm³/mol. The lowest BCUT2D eigenvalue weighted by atomic mass is 9.95. The lowest BCUT2D eigenvalue weighted by Gasteiger charge is -2.10. The average molecular weight is 235 g/mol. The molecule has 1 atom stereocenters. The Kier molecular flexibility index (Phi) is 13.3. The molecule has 0 aliphatic rings. The Morgan fingerprint density at radius 1 is 0.824 bits per heavy atom. The number of rotatable bonds is 10. The molecule has 0 aromatic carbocycles. The molecule has 1 unspecified atom stereocenters. The van der Waals surface area contributed by atoms with Crippen molar-refractivity contribution in [1.29, 1.82) is 0 Å². The zero-order valence-electron chi connectivity index (χ0n) is 12.1. The van der Waals surface area contributed by atoms with Crippen LogP contribution in [0.2, 0.25) is 0 Å². The van der Waals surface area contributed by atoms with Gasteiger partial charge in [0, 0.05) is 12.3 Å². The van der Waals surface area contributed by atoms with Gasteiger partial charge in [0.15, 0.2) is 0 Å². The van der Waals surface area contributed by atoms with Crippen LogP contribution in [0.1, 0.15) is 84.5 Å². The largest absolute Gasteiger partial charge is 0.103 e. The fraction of sp³-hybridized carbons (Fsp3) is 0.824. The highest BCUT2D eigenvalue weighted by Gasteiger charge is 2.04. The first-order valence-corrected chi connectivity index (χ1v) is 7.62. The van der Waals surface area contributed by atoms with E-state index in [0.717, 1.165) is 6.42 Å². The van der Waals surface area contributed by atoms with Crippen molar-refractivity contribution in [3.8, 4) is 11.8 Å². The normalized spacial score (nSPS) is 11.9. The molecule has 0 rings (SSSR count). The van der Waals surface area contributed by atoms with Crippen molar-refractivity contribution in [3.05, 3.63) is 6.92 Å². The highest BCUT2D eigenvalue weighted by molar-refractivity contribution is 5.04. The third-order valence-electron chi connectivity index (χ3n) is 3.24. The highest BCUT2D eigenvalue weighted by Crippen LogP contribution is 2.17. The molecule has 0 spiro atoms. The molecule has 1 radical (unpaired) electrons. The summed E-state index contributed by atoms with van der Waals surface area (Å²) in [5.41, 5.74) is 0. The molecular weight excluding hydrogens is 204 g/mol. The second kappa shape index (κ2) is 13.6. The Morgan fingerprint density at radius 3 is 1.94 bits per heavy atom. The van der Waals surface area contributed by atoms with Gasteiger partial charge in [-0.25, -0.2) is 0 Å². The van der Waals surface area contributed by atoms with Gasteiger partial charge in [-0.3, -0.25) is 0 Å². The van der Waals surface area contributed by atoms with E-state index in [0.29, 0.717) is 5.92 Å². The van der Waals surface area contributed by atoms with Crippen LogP contribution in [0.5, 0.6) is 0 Å². The second-order valence-corrected chi connectivity index (χ2v) is 4.97. The van der Waals surface area contributed by atoms with Crippen molar-refractivity contribution in [2.24, 2.45) is 5.92 Å². The Hall–Kier alpha value is -0.440. The van der Waals surface area contributed by atoms with Gasteiger partial charge in [-0.2, -0.15) is 0 Å². The van der Waals surface area contributed by atoms with Crippen LogP contribution in [0.15, 0.2) is 0 Å². The fourth-order valence-corrected chi connectivity index (χ4v) is 2.14. The lowest BCUT2D eigenvalue weighted by Crippen LogP contribution is -1.98. The van der Waals surface area contributed by atoms with E-state index in [4.69, 9.17) is 0 Å². The third-order valence-corrected chi connectivity index (χ3v) is 3.24. The van der Waals surface area contributed by atoms with E-state index >= 15 is 0 Å². The molecule has 0 N–H and O–H groups in total. The monoisotopic (exact) mass is 235 g/mol. The minimum atomic E-state index is 0.643. The van der Waals surface area contributed by atoms with Gasteiger partial charge < -0.3 is 0 Å². The second-order valence-electron chi connectivity index (χ2n) is 4.97. The van der Waals surface area contributed by atoms with E-state index < -0.39 is 0 Å². The summed E-state index contributed by atoms with van der Waals surface area (Å²) >= 11 is 0. The molecule has 0 aliphatic heterocycles. The van der Waals surface area contributed by atoms with Crippen molar-refractivity contribution in [3.63, 3.8) is 0 Å². The third kappa shape index (κ3) is 11.8. The smallest absolute Gasteiger partial charge is 0.0202 e. The summed E-state index contributed by atoms with van der Waals surface area (Å²) in [7, 11) is 0. The number of hydrogen-bond donors (Lipinski definition) is 0. The lowest BCUT2D eigenvalue weighted by molar-refractivity contribution is 0.485. The van der Waals surface area contributed by atoms with Gasteiger partial charge in [-0.15, -0.1) is 5.92 Å². The van der Waals surface area contributed by atoms with Crippen molar-refractivity contribution < 1.29 is 0 Å². The van der Waals surface area contributed by atoms with Gasteiger partial charge >= 0.3 is 0 Å². The summed E-state index contributed by atoms with van der Waals surface area (Å²) < 4.78 is 0. The Bertz CT molecular complexity index is 194. The predicted octanol–water partition coefficient (Wildman–Crippen LogP) is 5.77. The Labute approximate surface area is 110 Å². The minimum absolute atomic E-state index is 0.643. The van der Waals surface area contributed by atoms with E-state index in [-0.39, 0.29) is 0 Å². The number of hydrogen-bond acceptors (Lipinski definition) is 0. The maximum absolute atomic E-state index is 3.80. The van der Waals surface area contributed by atoms with Crippen LogP contribution >= 0.6 is 0 Å². The van der Waals surface area contributed by atoms with Crippen LogP contribution in [0.3, 0.4) is 0 Å². The summed E-state index contributed by atoms with van der Waals surface area (Å²) in [6.45, 7) is 8.34. The molecule has 0 nitrogen and oxygen atoms in total. The van der Waals surface area contributed by atoms with Crippen molar-refractivity contribution in [2.75, 3.05) is 0 Å². The molecule has 0 aromatic rings. The van der Waals surface area contributed by atoms with Crippen LogP contribution < -0.4 is 0 Å². The van der Waals surface area contributed by atoms with Crippen LogP contribution in [0, 0.1) is 24.7 Å². The van der Waals surface area contributed by atoms with Gasteiger partial charge in [0.2, 0.25) is 0 Å². The van der Waals surface area contributed by atoms with Crippen LogP contribution in [-0.2, 0) is 0 Å². The topological polar surface area (TPSA) is 0 Å². The highest BCUT2D eigenvalue weighted by atomic mass is 14.1. The molecule has 0 heterocycles. The van der Waals surface area contributed by atoms with Gasteiger partial charge in [0.1, 0.15) is 0 Å². The maximum atomic E-state index is 3.80. The first kappa shape index (κ1) is 16.6. The van der Waals surface area contributed by atoms with E-state index in [1.165, 1.54) is 64.2 Å². The van der Waals surface area contributed by atoms with E-state index in [9.17, 15) is 0 Å². The standard InChI is InChI=1S/C17H31/c1-4-7-10-11-13-16-17(14-9-6-3)15-12-8-5-2/h17H,3-8,10-13,15-16H2,1-2H3. The van der Waals surface area contributed by atoms with Crippen LogP contribution in [0.25, 0.3) is 0 Å². The van der Waals surface area contributed by atoms with Gasteiger partial charge in [0.25, 0.3) is 0 Å². The molecule has 0 aromatic heterocycles. The SMILES string of the molecule is [CH2]CC#CC(CCCCC)CCCCCCC. The van der Waals surface area contributed by atoms with E-state index in [1.54, 1.807) is 0 Å². The fourth-order valence-electron chi connectivity index (χ4n) is 2.14. The molecule has 99 valence electrons. The zero-order valence-corrected chi connectivity index (χ0v) is 12.1. The van der Waals surface area contributed by atoms with E-state index in [2.05, 4.69) is 32.6 Å². The minimum Gasteiger partial charge on any atom is -0.103 e. The quantitative estimate of drug-likeness (QED) is 0.333. The average Bonchev–Trinajstić information content (AvgIpc) is 2.35. The van der Waals surface area contributed by atoms with Crippen LogP contribution in [-0.4, -0.2) is 0 Å². The molecule has 0 saturated heterocycles. The molecule has 0 saturated carbocycles. The Morgan fingerprint density at radius 2 is 1.35 bits per heavy atom. The first-order chi connectivity index (χ1) is 8.35. The Balaban J connectivity index is 3.69. The molecule has 0 bridgehead atoms. The maximum Gasteiger partial charge on any atom is 0.0202 e. The van der Waals surface area contributed by atoms with Gasteiger partial charge in [0.05, 0.1) is 0 Å². The van der Waals surface area contributed by atoms with Crippen molar-refractivity contribution in [1.82, 2.24) is 0 Å². The summed E-state index contributed by atoms with van der Waals surface area (Å²) in [5.74, 6) is 7.22. The molecule has 0 amide bonds. The molecule has 0 heteroatoms. The summed E-state index contributed by atoms with van der Waals surface area (Å²) in [4.78, 5) is 0. The first-order valence-electron chi connectivity index (χ1n) is 7.62. The number of unbranched alkanes of at least 4 members (excludes halogenated alkanes) is 6. The molecule has 0 fully saturated rings. The molecular formula is C17H31. The van der Waals surface area contributed by atoms with Crippen molar-refractivity contribution in [2.45, 2.75) is 84.5 Å². The van der Waals surface area contributed by atoms with Crippen molar-refractivity contribution >= 4 is 0 Å². The van der Waals surface area contributed by atoms with Gasteiger partial charge in [-0.1, -0.05) is 71.1 Å². The molecule has 0 aliphatic carbocycles. The molecule has 17 heavy (non-hydrogen) atoms. The summed E-state index contributed by atoms with van der Waals surface area (Å²) in [5, 5.41) is 0. The van der Waals surface area contributed by atoms with Crippen LogP contribution in [0.4, 0.5) is 0 Å². The van der Waals surface area contributed by atoms with E-state index in [1.807, 2.05) is 0 Å². The summed E-state index contributed by atoms with van der Waals surface area (Å²) in [6, 6.07) is 0. The zero-order chi connectivity index (χ0) is 12.8. The summed E-state index contributed by atoms with van der Waals surface area (Å²) in [6.07, 6.45) is 14.3.